The van der Waals surface area contributed by atoms with E-state index in [9.17, 15) is 5.11 Å². The third kappa shape index (κ3) is 10.2. The van der Waals surface area contributed by atoms with Gasteiger partial charge in [0.2, 0.25) is 0 Å². The van der Waals surface area contributed by atoms with E-state index in [1.54, 1.807) is 6.08 Å². The molecule has 0 N–H and O–H groups in total. The van der Waals surface area contributed by atoms with E-state index in [1.165, 1.54) is 0 Å². The summed E-state index contributed by atoms with van der Waals surface area (Å²) in [5.74, 6) is -0.165. The molecule has 0 saturated heterocycles. The Hall–Kier alpha value is 0.154. The fourth-order valence-corrected chi connectivity index (χ4v) is 1.20. The molecule has 0 aromatic rings. The van der Waals surface area contributed by atoms with Crippen molar-refractivity contribution in [1.82, 2.24) is 0 Å². The van der Waals surface area contributed by atoms with Gasteiger partial charge in [-0.25, -0.2) is 0 Å². The van der Waals surface area contributed by atoms with E-state index in [-0.39, 0.29) is 24.8 Å². The zero-order chi connectivity index (χ0) is 8.20. The van der Waals surface area contributed by atoms with Gasteiger partial charge in [0.1, 0.15) is 8.32 Å². The molecule has 0 spiro atoms. The van der Waals surface area contributed by atoms with Crippen molar-refractivity contribution in [3.05, 3.63) is 12.0 Å². The Morgan fingerprint density at radius 2 is 1.91 bits per heavy atom. The van der Waals surface area contributed by atoms with Gasteiger partial charge in [0.25, 0.3) is 0 Å². The van der Waals surface area contributed by atoms with Crippen LogP contribution in [-0.4, -0.2) is 8.32 Å². The van der Waals surface area contributed by atoms with Crippen LogP contribution in [0.3, 0.4) is 0 Å². The minimum Gasteiger partial charge on any atom is -0.634 e. The van der Waals surface area contributed by atoms with Crippen LogP contribution in [0.25, 0.3) is 0 Å². The molecule has 0 saturated carbocycles. The van der Waals surface area contributed by atoms with Crippen molar-refractivity contribution >= 4 is 8.32 Å². The van der Waals surface area contributed by atoms with Crippen LogP contribution in [-0.2, 0) is 4.43 Å². The second kappa shape index (κ2) is 5.76. The van der Waals surface area contributed by atoms with Gasteiger partial charge in [0.05, 0.1) is 0 Å². The van der Waals surface area contributed by atoms with Crippen LogP contribution in [0, 0.1) is 0 Å². The molecule has 0 rings (SSSR count). The summed E-state index contributed by atoms with van der Waals surface area (Å²) in [7, 11) is -1.64. The van der Waals surface area contributed by atoms with Crippen molar-refractivity contribution in [3.63, 3.8) is 0 Å². The predicted molar refractivity (Wildman–Crippen MR) is 42.8 cm³/mol. The zero-order valence-electron chi connectivity index (χ0n) is 8.10. The first-order chi connectivity index (χ1) is 4.45. The average molecular weight is 166 g/mol. The third-order valence-electron chi connectivity index (χ3n) is 0.778. The van der Waals surface area contributed by atoms with Gasteiger partial charge in [0.15, 0.2) is 0 Å². The molecule has 0 aliphatic heterocycles. The maximum Gasteiger partial charge on any atom is 1.00 e. The Bertz CT molecular complexity index is 129. The number of rotatable bonds is 3. The van der Waals surface area contributed by atoms with E-state index >= 15 is 0 Å². The van der Waals surface area contributed by atoms with Crippen molar-refractivity contribution in [2.45, 2.75) is 33.0 Å². The molecule has 60 valence electrons. The summed E-state index contributed by atoms with van der Waals surface area (Å²) in [6.07, 6.45) is 2.32. The molecule has 0 atom stereocenters. The fraction of sp³-hybridized carbons (Fsp3) is 0.714. The molecule has 0 aliphatic carbocycles. The standard InChI is InChI=1S/C7H16O2Si.Li/c1-5-6-7(8)9-10(2,3)4;/h6,8H,5H2,1-4H3;/q;+1/p-1/b7-6+;. The molecular formula is C7H15LiO2Si. The van der Waals surface area contributed by atoms with E-state index in [1.807, 2.05) is 26.6 Å². The van der Waals surface area contributed by atoms with Gasteiger partial charge >= 0.3 is 18.9 Å². The van der Waals surface area contributed by atoms with E-state index in [0.29, 0.717) is 0 Å². The Labute approximate surface area is 81.9 Å². The molecule has 0 fully saturated rings. The van der Waals surface area contributed by atoms with Crippen molar-refractivity contribution in [2.24, 2.45) is 0 Å². The van der Waals surface area contributed by atoms with Crippen molar-refractivity contribution in [2.75, 3.05) is 0 Å². The first kappa shape index (κ1) is 13.7. The molecule has 0 aliphatic rings. The summed E-state index contributed by atoms with van der Waals surface area (Å²) < 4.78 is 5.12. The molecule has 0 aromatic heterocycles. The largest absolute Gasteiger partial charge is 1.00 e. The van der Waals surface area contributed by atoms with E-state index < -0.39 is 8.32 Å². The SMILES string of the molecule is CC/C=C(\[O-])O[Si](C)(C)C.[Li+]. The van der Waals surface area contributed by atoms with Gasteiger partial charge in [-0.1, -0.05) is 32.6 Å². The first-order valence-corrected chi connectivity index (χ1v) is 6.92. The molecule has 0 heterocycles. The van der Waals surface area contributed by atoms with E-state index in [0.717, 1.165) is 6.42 Å². The minimum absolute atomic E-state index is 0. The van der Waals surface area contributed by atoms with Crippen molar-refractivity contribution < 1.29 is 28.4 Å². The second-order valence-corrected chi connectivity index (χ2v) is 7.57. The van der Waals surface area contributed by atoms with Gasteiger partial charge in [-0.05, 0) is 6.42 Å². The summed E-state index contributed by atoms with van der Waals surface area (Å²) in [6.45, 7) is 7.91. The maximum atomic E-state index is 10.8. The van der Waals surface area contributed by atoms with Crippen LogP contribution in [0.5, 0.6) is 0 Å². The van der Waals surface area contributed by atoms with Gasteiger partial charge in [-0.2, -0.15) is 0 Å². The predicted octanol–water partition coefficient (Wildman–Crippen LogP) is -1.55. The molecule has 0 bridgehead atoms. The van der Waals surface area contributed by atoms with E-state index in [4.69, 9.17) is 4.43 Å². The van der Waals surface area contributed by atoms with Crippen LogP contribution in [0.15, 0.2) is 12.0 Å². The molecule has 0 aromatic carbocycles. The van der Waals surface area contributed by atoms with Gasteiger partial charge in [-0.3, -0.25) is 0 Å². The van der Waals surface area contributed by atoms with Gasteiger partial charge in [-0.15, -0.1) is 0 Å². The molecular weight excluding hydrogens is 151 g/mol. The summed E-state index contributed by atoms with van der Waals surface area (Å²) in [5, 5.41) is 10.8. The molecule has 4 heteroatoms. The molecule has 0 radical (unpaired) electrons. The number of hydrogen-bond donors (Lipinski definition) is 0. The molecule has 0 unspecified atom stereocenters. The Morgan fingerprint density at radius 3 is 2.18 bits per heavy atom. The topological polar surface area (TPSA) is 32.3 Å². The zero-order valence-corrected chi connectivity index (χ0v) is 9.10. The molecule has 0 amide bonds. The van der Waals surface area contributed by atoms with Crippen LogP contribution < -0.4 is 24.0 Å². The summed E-state index contributed by atoms with van der Waals surface area (Å²) in [6, 6.07) is 0. The van der Waals surface area contributed by atoms with Crippen molar-refractivity contribution in [1.29, 1.82) is 0 Å². The molecule has 11 heavy (non-hydrogen) atoms. The van der Waals surface area contributed by atoms with Crippen LogP contribution in [0.2, 0.25) is 19.6 Å². The van der Waals surface area contributed by atoms with Crippen molar-refractivity contribution in [3.8, 4) is 0 Å². The monoisotopic (exact) mass is 166 g/mol. The van der Waals surface area contributed by atoms with Crippen LogP contribution in [0.1, 0.15) is 13.3 Å². The minimum atomic E-state index is -1.64. The fourth-order valence-electron chi connectivity index (χ4n) is 0.510. The summed E-state index contributed by atoms with van der Waals surface area (Å²) in [4.78, 5) is 0. The Morgan fingerprint density at radius 1 is 1.45 bits per heavy atom. The summed E-state index contributed by atoms with van der Waals surface area (Å²) in [5.41, 5.74) is 0. The number of allylic oxidation sites excluding steroid dienone is 1. The number of hydrogen-bond acceptors (Lipinski definition) is 2. The van der Waals surface area contributed by atoms with Crippen LogP contribution in [0.4, 0.5) is 0 Å². The van der Waals surface area contributed by atoms with Gasteiger partial charge in [0, 0.05) is 5.95 Å². The maximum absolute atomic E-state index is 10.8. The smallest absolute Gasteiger partial charge is 0.634 e. The normalized spacial score (nSPS) is 12.2. The summed E-state index contributed by atoms with van der Waals surface area (Å²) >= 11 is 0. The average Bonchev–Trinajstić information content (AvgIpc) is 1.59. The Kier molecular flexibility index (Phi) is 7.19. The van der Waals surface area contributed by atoms with Crippen LogP contribution >= 0.6 is 0 Å². The Balaban J connectivity index is 0. The van der Waals surface area contributed by atoms with Gasteiger partial charge < -0.3 is 9.53 Å². The first-order valence-electron chi connectivity index (χ1n) is 3.52. The molecule has 2 nitrogen and oxygen atoms in total. The third-order valence-corrected chi connectivity index (χ3v) is 1.59. The quantitative estimate of drug-likeness (QED) is 0.376. The van der Waals surface area contributed by atoms with E-state index in [2.05, 4.69) is 0 Å². The second-order valence-electron chi connectivity index (χ2n) is 3.15.